The van der Waals surface area contributed by atoms with Crippen molar-refractivity contribution < 1.29 is 9.53 Å². The maximum absolute atomic E-state index is 13.4. The fourth-order valence-corrected chi connectivity index (χ4v) is 5.94. The lowest BCUT2D eigenvalue weighted by Crippen LogP contribution is -2.20. The van der Waals surface area contributed by atoms with Gasteiger partial charge in [-0.05, 0) is 55.5 Å². The van der Waals surface area contributed by atoms with Gasteiger partial charge >= 0.3 is 5.97 Å². The molecular weight excluding hydrogens is 438 g/mol. The molecule has 0 aliphatic heterocycles. The third-order valence-corrected chi connectivity index (χ3v) is 7.53. The van der Waals surface area contributed by atoms with Crippen LogP contribution in [0.3, 0.4) is 0 Å². The van der Waals surface area contributed by atoms with Crippen LogP contribution in [0.4, 0.5) is 0 Å². The molecule has 33 heavy (non-hydrogen) atoms. The van der Waals surface area contributed by atoms with Gasteiger partial charge in [0.2, 0.25) is 5.78 Å². The number of ether oxygens (including phenoxy) is 1. The largest absolute Gasteiger partial charge is 0.454 e. The van der Waals surface area contributed by atoms with Crippen molar-refractivity contribution in [3.8, 4) is 5.00 Å². The van der Waals surface area contributed by atoms with Crippen molar-refractivity contribution in [2.24, 2.45) is 7.05 Å². The fourth-order valence-electron chi connectivity index (χ4n) is 4.60. The van der Waals surface area contributed by atoms with E-state index in [0.29, 0.717) is 28.1 Å². The summed E-state index contributed by atoms with van der Waals surface area (Å²) in [6.07, 6.45) is 8.00. The highest BCUT2D eigenvalue weighted by Gasteiger charge is 2.27. The number of thiophene rings is 1. The number of carbonyl (C=O) groups excluding carboxylic acids is 1. The van der Waals surface area contributed by atoms with E-state index >= 15 is 0 Å². The molecule has 0 bridgehead atoms. The monoisotopic (exact) mass is 459 g/mol. The van der Waals surface area contributed by atoms with Gasteiger partial charge in [-0.2, -0.15) is 0 Å². The minimum atomic E-state index is -0.357. The van der Waals surface area contributed by atoms with E-state index in [-0.39, 0.29) is 18.1 Å². The predicted molar refractivity (Wildman–Crippen MR) is 125 cm³/mol. The Labute approximate surface area is 192 Å². The second-order valence-electron chi connectivity index (χ2n) is 8.19. The number of rotatable bonds is 4. The number of esters is 1. The van der Waals surface area contributed by atoms with Crippen molar-refractivity contribution >= 4 is 34.0 Å². The molecule has 0 radical (unpaired) electrons. The lowest BCUT2D eigenvalue weighted by Gasteiger charge is -2.13. The van der Waals surface area contributed by atoms with Crippen molar-refractivity contribution in [3.63, 3.8) is 0 Å². The lowest BCUT2D eigenvalue weighted by atomic mass is 9.95. The number of fused-ring (bicyclic) bond motifs is 4. The summed E-state index contributed by atoms with van der Waals surface area (Å²) in [6.45, 7) is -0.0437. The summed E-state index contributed by atoms with van der Waals surface area (Å²) < 4.78 is 11.0. The molecule has 0 saturated carbocycles. The third-order valence-electron chi connectivity index (χ3n) is 6.22. The van der Waals surface area contributed by atoms with Crippen molar-refractivity contribution in [3.05, 3.63) is 81.0 Å². The van der Waals surface area contributed by atoms with Crippen molar-refractivity contribution in [1.29, 1.82) is 0 Å². The van der Waals surface area contributed by atoms with Crippen molar-refractivity contribution in [1.82, 2.24) is 23.7 Å². The van der Waals surface area contributed by atoms with Crippen LogP contribution >= 0.6 is 11.3 Å². The Morgan fingerprint density at radius 1 is 1.09 bits per heavy atom. The van der Waals surface area contributed by atoms with Crippen LogP contribution in [0, 0.1) is 0 Å². The highest BCUT2D eigenvalue weighted by Crippen LogP contribution is 2.37. The summed E-state index contributed by atoms with van der Waals surface area (Å²) in [5, 5.41) is 9.87. The van der Waals surface area contributed by atoms with Crippen LogP contribution in [0.25, 0.3) is 21.7 Å². The van der Waals surface area contributed by atoms with Gasteiger partial charge in [0.1, 0.15) is 5.00 Å². The maximum Gasteiger partial charge on any atom is 0.341 e. The number of carbonyl (C=O) groups is 1. The second kappa shape index (κ2) is 7.70. The molecule has 0 fully saturated rings. The molecule has 0 N–H and O–H groups in total. The fraction of sp³-hybridized carbons (Fsp3) is 0.250. The lowest BCUT2D eigenvalue weighted by molar-refractivity contribution is 0.0460. The van der Waals surface area contributed by atoms with E-state index < -0.39 is 0 Å². The normalized spacial score (nSPS) is 13.5. The molecule has 4 aromatic heterocycles. The Bertz CT molecular complexity index is 1580. The molecule has 6 rings (SSSR count). The first kappa shape index (κ1) is 19.9. The number of aryl methyl sites for hydroxylation is 2. The number of nitrogens with zero attached hydrogens (tertiary/aromatic N) is 5. The first-order chi connectivity index (χ1) is 16.1. The molecule has 0 spiro atoms. The van der Waals surface area contributed by atoms with Crippen molar-refractivity contribution in [2.45, 2.75) is 32.3 Å². The van der Waals surface area contributed by atoms with E-state index in [9.17, 15) is 9.59 Å². The van der Waals surface area contributed by atoms with Gasteiger partial charge < -0.3 is 9.30 Å². The Hall–Kier alpha value is -3.72. The van der Waals surface area contributed by atoms with Gasteiger partial charge in [0.15, 0.2) is 12.4 Å². The molecular formula is C24H21N5O3S. The van der Waals surface area contributed by atoms with Gasteiger partial charge in [0.05, 0.1) is 16.5 Å². The van der Waals surface area contributed by atoms with E-state index in [0.717, 1.165) is 36.2 Å². The van der Waals surface area contributed by atoms with Gasteiger partial charge in [-0.3, -0.25) is 13.8 Å². The van der Waals surface area contributed by atoms with Gasteiger partial charge in [-0.15, -0.1) is 21.5 Å². The molecule has 1 aliphatic carbocycles. The zero-order chi connectivity index (χ0) is 22.5. The zero-order valence-corrected chi connectivity index (χ0v) is 18.8. The molecule has 0 amide bonds. The Balaban J connectivity index is 1.39. The molecule has 0 saturated heterocycles. The molecule has 4 heterocycles. The summed E-state index contributed by atoms with van der Waals surface area (Å²) in [5.41, 5.74) is 2.30. The zero-order valence-electron chi connectivity index (χ0n) is 18.0. The molecule has 8 nitrogen and oxygen atoms in total. The molecule has 5 aromatic rings. The average molecular weight is 460 g/mol. The van der Waals surface area contributed by atoms with E-state index in [1.807, 2.05) is 47.3 Å². The Morgan fingerprint density at radius 3 is 2.73 bits per heavy atom. The average Bonchev–Trinajstić information content (AvgIpc) is 3.59. The quantitative estimate of drug-likeness (QED) is 0.383. The van der Waals surface area contributed by atoms with Crippen LogP contribution in [0.1, 0.15) is 39.5 Å². The summed E-state index contributed by atoms with van der Waals surface area (Å²) >= 11 is 1.67. The highest BCUT2D eigenvalue weighted by molar-refractivity contribution is 7.15. The second-order valence-corrected chi connectivity index (χ2v) is 9.27. The van der Waals surface area contributed by atoms with Gasteiger partial charge in [0, 0.05) is 24.3 Å². The van der Waals surface area contributed by atoms with Crippen LogP contribution < -0.4 is 5.56 Å². The molecule has 0 atom stereocenters. The summed E-state index contributed by atoms with van der Waals surface area (Å²) in [6, 6.07) is 11.2. The third kappa shape index (κ3) is 3.11. The number of benzene rings is 1. The molecule has 1 aromatic carbocycles. The van der Waals surface area contributed by atoms with E-state index in [2.05, 4.69) is 10.2 Å². The van der Waals surface area contributed by atoms with Crippen LogP contribution in [0.5, 0.6) is 0 Å². The van der Waals surface area contributed by atoms with Gasteiger partial charge in [-0.25, -0.2) is 4.79 Å². The summed E-state index contributed by atoms with van der Waals surface area (Å²) in [4.78, 5) is 27.3. The van der Waals surface area contributed by atoms with Gasteiger partial charge in [0.25, 0.3) is 5.56 Å². The topological polar surface area (TPSA) is 83.4 Å². The first-order valence-corrected chi connectivity index (χ1v) is 11.7. The number of aromatic nitrogens is 5. The van der Waals surface area contributed by atoms with E-state index in [1.54, 1.807) is 28.9 Å². The summed E-state index contributed by atoms with van der Waals surface area (Å²) in [7, 11) is 1.66. The first-order valence-electron chi connectivity index (χ1n) is 10.9. The van der Waals surface area contributed by atoms with Crippen LogP contribution in [-0.4, -0.2) is 29.7 Å². The number of para-hydroxylation sites is 1. The molecule has 9 heteroatoms. The minimum Gasteiger partial charge on any atom is -0.454 e. The standard InChI is InChI=1S/C24H21N5O3S/c1-27-21(30)15-8-2-4-10-17(15)29-19(25-26-24(27)29)14-32-23(31)20-16-9-3-5-11-18(16)33-22(20)28-12-6-7-13-28/h2,4,6-8,10,12-13H,3,5,9,11,14H2,1H3. The number of hydrogen-bond donors (Lipinski definition) is 0. The Kier molecular flexibility index (Phi) is 4.65. The van der Waals surface area contributed by atoms with Gasteiger partial charge in [-0.1, -0.05) is 12.1 Å². The minimum absolute atomic E-state index is 0.0437. The SMILES string of the molecule is Cn1c(=O)c2ccccc2n2c(COC(=O)c3c(-n4cccc4)sc4c3CCCC4)nnc12. The van der Waals surface area contributed by atoms with Crippen LogP contribution in [0.2, 0.25) is 0 Å². The van der Waals surface area contributed by atoms with Crippen molar-refractivity contribution in [2.75, 3.05) is 0 Å². The maximum atomic E-state index is 13.4. The molecule has 1 aliphatic rings. The Morgan fingerprint density at radius 2 is 1.88 bits per heavy atom. The number of hydrogen-bond acceptors (Lipinski definition) is 6. The smallest absolute Gasteiger partial charge is 0.341 e. The molecule has 0 unspecified atom stereocenters. The summed E-state index contributed by atoms with van der Waals surface area (Å²) in [5.74, 6) is 0.520. The van der Waals surface area contributed by atoms with E-state index in [4.69, 9.17) is 4.74 Å². The van der Waals surface area contributed by atoms with Crippen LogP contribution in [-0.2, 0) is 31.2 Å². The van der Waals surface area contributed by atoms with E-state index in [1.165, 1.54) is 9.44 Å². The molecule has 166 valence electrons. The van der Waals surface area contributed by atoms with Crippen LogP contribution in [0.15, 0.2) is 53.6 Å². The highest BCUT2D eigenvalue weighted by atomic mass is 32.1. The predicted octanol–water partition coefficient (Wildman–Crippen LogP) is 3.67.